The summed E-state index contributed by atoms with van der Waals surface area (Å²) >= 11 is 0. The predicted molar refractivity (Wildman–Crippen MR) is 260 cm³/mol. The summed E-state index contributed by atoms with van der Waals surface area (Å²) < 4.78 is 2.47. The highest BCUT2D eigenvalue weighted by Gasteiger charge is 2.46. The molecule has 1 aliphatic rings. The van der Waals surface area contributed by atoms with E-state index >= 15 is 0 Å². The predicted octanol–water partition coefficient (Wildman–Crippen LogP) is 15.3. The summed E-state index contributed by atoms with van der Waals surface area (Å²) in [7, 11) is 0. The van der Waals surface area contributed by atoms with Crippen molar-refractivity contribution in [3.05, 3.63) is 270 Å². The van der Waals surface area contributed by atoms with Crippen molar-refractivity contribution in [2.24, 2.45) is 0 Å². The maximum absolute atomic E-state index is 2.54. The van der Waals surface area contributed by atoms with Gasteiger partial charge in [-0.25, -0.2) is 0 Å². The average Bonchev–Trinajstić information content (AvgIpc) is 3.85. The maximum Gasteiger partial charge on any atom is 0.0714 e. The van der Waals surface area contributed by atoms with Gasteiger partial charge in [0.05, 0.1) is 16.4 Å². The summed E-state index contributed by atoms with van der Waals surface area (Å²) in [6.45, 7) is 0.667. The second-order valence-corrected chi connectivity index (χ2v) is 16.4. The molecule has 1 aliphatic carbocycles. The Morgan fingerprint density at radius 3 is 1.71 bits per heavy atom. The minimum absolute atomic E-state index is 0.511. The SMILES string of the molecule is c1ccc(-c2ccccc2CN(c2ccc3c(c2)C(c2ccccc2)(c2ccccc2)c2ccccc2-3)c2ccc3c4ccc5ccccc5c4n(-c4ccccc4)c3c2)cc1. The van der Waals surface area contributed by atoms with Gasteiger partial charge in [0.15, 0.2) is 0 Å². The van der Waals surface area contributed by atoms with Crippen LogP contribution in [0.5, 0.6) is 0 Å². The molecule has 0 fully saturated rings. The number of hydrogen-bond donors (Lipinski definition) is 0. The van der Waals surface area contributed by atoms with Crippen molar-refractivity contribution in [1.29, 1.82) is 0 Å². The van der Waals surface area contributed by atoms with Crippen molar-refractivity contribution in [2.45, 2.75) is 12.0 Å². The molecule has 0 amide bonds. The van der Waals surface area contributed by atoms with Crippen LogP contribution < -0.4 is 4.90 Å². The Kier molecular flexibility index (Phi) is 8.50. The Morgan fingerprint density at radius 2 is 0.952 bits per heavy atom. The Bertz CT molecular complexity index is 3380. The van der Waals surface area contributed by atoms with Crippen LogP contribution >= 0.6 is 0 Å². The molecule has 11 aromatic rings. The highest BCUT2D eigenvalue weighted by molar-refractivity contribution is 6.19. The van der Waals surface area contributed by atoms with E-state index < -0.39 is 5.41 Å². The monoisotopic (exact) mass is 790 g/mol. The van der Waals surface area contributed by atoms with Gasteiger partial charge in [0.1, 0.15) is 0 Å². The van der Waals surface area contributed by atoms with Crippen LogP contribution in [0.1, 0.15) is 27.8 Å². The largest absolute Gasteiger partial charge is 0.337 e. The Balaban J connectivity index is 1.13. The first kappa shape index (κ1) is 36.0. The Labute approximate surface area is 362 Å². The van der Waals surface area contributed by atoms with E-state index in [-0.39, 0.29) is 0 Å². The third kappa shape index (κ3) is 5.57. The molecule has 0 N–H and O–H groups in total. The number of para-hydroxylation sites is 1. The number of hydrogen-bond acceptors (Lipinski definition) is 1. The fraction of sp³-hybridized carbons (Fsp3) is 0.0333. The van der Waals surface area contributed by atoms with Gasteiger partial charge < -0.3 is 9.47 Å². The van der Waals surface area contributed by atoms with Crippen LogP contribution in [0.4, 0.5) is 11.4 Å². The fourth-order valence-corrected chi connectivity index (χ4v) is 10.4. The standard InChI is InChI=1S/C60H42N2/c1-5-19-42(20-6-1)50-29-15-14-22-44(50)41-61(49-35-38-54-55-36-33-43-21-13-16-30-51(43)59(55)62(58(54)40-49)47-27-11-4-12-28-47)48-34-37-53-52-31-17-18-32-56(52)60(57(53)39-48,45-23-7-2-8-24-45)46-25-9-3-10-26-46/h1-40H,41H2. The molecule has 12 rings (SSSR count). The lowest BCUT2D eigenvalue weighted by Gasteiger charge is -2.35. The molecule has 0 bridgehead atoms. The number of nitrogens with zero attached hydrogens (tertiary/aromatic N) is 2. The molecule has 0 saturated carbocycles. The minimum Gasteiger partial charge on any atom is -0.337 e. The normalized spacial score (nSPS) is 12.7. The molecule has 0 radical (unpaired) electrons. The number of benzene rings is 10. The van der Waals surface area contributed by atoms with Gasteiger partial charge in [0.25, 0.3) is 0 Å². The van der Waals surface area contributed by atoms with Crippen LogP contribution in [0.25, 0.3) is 60.5 Å². The van der Waals surface area contributed by atoms with Crippen molar-refractivity contribution in [1.82, 2.24) is 4.57 Å². The fourth-order valence-electron chi connectivity index (χ4n) is 10.4. The number of aromatic nitrogens is 1. The summed E-state index contributed by atoms with van der Waals surface area (Å²) in [6.07, 6.45) is 0. The highest BCUT2D eigenvalue weighted by atomic mass is 15.1. The molecule has 0 aliphatic heterocycles. The van der Waals surface area contributed by atoms with Gasteiger partial charge in [-0.3, -0.25) is 0 Å². The van der Waals surface area contributed by atoms with Gasteiger partial charge in [0, 0.05) is 39.8 Å². The first-order valence-electron chi connectivity index (χ1n) is 21.5. The quantitative estimate of drug-likeness (QED) is 0.149. The van der Waals surface area contributed by atoms with Gasteiger partial charge in [-0.1, -0.05) is 206 Å². The summed E-state index contributed by atoms with van der Waals surface area (Å²) in [5, 5.41) is 4.97. The summed E-state index contributed by atoms with van der Waals surface area (Å²) in [4.78, 5) is 2.54. The number of rotatable bonds is 8. The summed E-state index contributed by atoms with van der Waals surface area (Å²) in [5.74, 6) is 0. The third-order valence-electron chi connectivity index (χ3n) is 13.1. The molecular formula is C60H42N2. The van der Waals surface area contributed by atoms with Crippen LogP contribution in [0.15, 0.2) is 243 Å². The molecule has 2 nitrogen and oxygen atoms in total. The number of fused-ring (bicyclic) bond motifs is 8. The van der Waals surface area contributed by atoms with Gasteiger partial charge in [-0.2, -0.15) is 0 Å². The van der Waals surface area contributed by atoms with E-state index in [9.17, 15) is 0 Å². The highest BCUT2D eigenvalue weighted by Crippen LogP contribution is 2.57. The van der Waals surface area contributed by atoms with E-state index in [0.29, 0.717) is 6.54 Å². The van der Waals surface area contributed by atoms with E-state index in [2.05, 4.69) is 252 Å². The zero-order valence-corrected chi connectivity index (χ0v) is 34.2. The van der Waals surface area contributed by atoms with Crippen LogP contribution in [-0.4, -0.2) is 4.57 Å². The van der Waals surface area contributed by atoms with Gasteiger partial charge in [-0.15, -0.1) is 0 Å². The lowest BCUT2D eigenvalue weighted by atomic mass is 9.67. The van der Waals surface area contributed by atoms with Crippen LogP contribution in [-0.2, 0) is 12.0 Å². The molecule has 0 atom stereocenters. The molecule has 1 heterocycles. The zero-order valence-electron chi connectivity index (χ0n) is 34.2. The molecule has 0 unspecified atom stereocenters. The van der Waals surface area contributed by atoms with Crippen LogP contribution in [0.2, 0.25) is 0 Å². The molecule has 0 spiro atoms. The molecule has 0 saturated heterocycles. The first-order valence-corrected chi connectivity index (χ1v) is 21.5. The molecular weight excluding hydrogens is 749 g/mol. The van der Waals surface area contributed by atoms with E-state index in [0.717, 1.165) is 17.1 Å². The first-order chi connectivity index (χ1) is 30.8. The molecule has 62 heavy (non-hydrogen) atoms. The molecule has 1 aromatic heterocycles. The second kappa shape index (κ2) is 14.7. The molecule has 10 aromatic carbocycles. The van der Waals surface area contributed by atoms with Crippen molar-refractivity contribution < 1.29 is 0 Å². The Morgan fingerprint density at radius 1 is 0.387 bits per heavy atom. The Hall–Kier alpha value is -7.94. The van der Waals surface area contributed by atoms with E-state index in [1.54, 1.807) is 0 Å². The van der Waals surface area contributed by atoms with Crippen molar-refractivity contribution in [2.75, 3.05) is 4.90 Å². The number of anilines is 2. The summed E-state index contributed by atoms with van der Waals surface area (Å²) in [5.41, 5.74) is 16.7. The van der Waals surface area contributed by atoms with Crippen LogP contribution in [0, 0.1) is 0 Å². The van der Waals surface area contributed by atoms with Gasteiger partial charge in [-0.05, 0) is 91.9 Å². The third-order valence-corrected chi connectivity index (χ3v) is 13.1. The van der Waals surface area contributed by atoms with Gasteiger partial charge >= 0.3 is 0 Å². The van der Waals surface area contributed by atoms with Gasteiger partial charge in [0.2, 0.25) is 0 Å². The van der Waals surface area contributed by atoms with E-state index in [1.165, 1.54) is 82.6 Å². The molecule has 2 heteroatoms. The van der Waals surface area contributed by atoms with Crippen LogP contribution in [0.3, 0.4) is 0 Å². The topological polar surface area (TPSA) is 8.17 Å². The van der Waals surface area contributed by atoms with Crippen molar-refractivity contribution >= 4 is 44.0 Å². The van der Waals surface area contributed by atoms with Crippen molar-refractivity contribution in [3.63, 3.8) is 0 Å². The second-order valence-electron chi connectivity index (χ2n) is 16.4. The molecule has 292 valence electrons. The lowest BCUT2D eigenvalue weighted by molar-refractivity contribution is 0.767. The van der Waals surface area contributed by atoms with E-state index in [1.807, 2.05) is 0 Å². The van der Waals surface area contributed by atoms with E-state index in [4.69, 9.17) is 0 Å². The zero-order chi connectivity index (χ0) is 41.0. The average molecular weight is 791 g/mol. The minimum atomic E-state index is -0.511. The lowest BCUT2D eigenvalue weighted by Crippen LogP contribution is -2.29. The smallest absolute Gasteiger partial charge is 0.0714 e. The maximum atomic E-state index is 2.54. The van der Waals surface area contributed by atoms with Crippen molar-refractivity contribution in [3.8, 4) is 27.9 Å². The summed E-state index contributed by atoms with van der Waals surface area (Å²) in [6, 6.07) is 89.4.